The monoisotopic (exact) mass is 370 g/mol. The maximum atomic E-state index is 12.7. The number of aliphatic imine (C=N–C) groups is 1. The number of nitrogens with zero attached hydrogens (tertiary/aromatic N) is 2. The van der Waals surface area contributed by atoms with Gasteiger partial charge in [-0.1, -0.05) is 55.3 Å². The van der Waals surface area contributed by atoms with Gasteiger partial charge in [0.1, 0.15) is 6.54 Å². The number of carbonyl (C=O) groups is 1. The molecule has 1 heterocycles. The first-order valence-electron chi connectivity index (χ1n) is 8.98. The van der Waals surface area contributed by atoms with Crippen LogP contribution in [0.25, 0.3) is 0 Å². The SMILES string of the molecule is CCCCOCCN1C(=O)CN=C(c2ccccc2)c2cc(Cl)ccc21. The molecule has 0 spiro atoms. The molecule has 0 saturated carbocycles. The number of hydrogen-bond donors (Lipinski definition) is 0. The second-order valence-corrected chi connectivity index (χ2v) is 6.64. The Balaban J connectivity index is 1.91. The van der Waals surface area contributed by atoms with Crippen LogP contribution in [0.5, 0.6) is 0 Å². The van der Waals surface area contributed by atoms with Crippen LogP contribution in [0.4, 0.5) is 5.69 Å². The van der Waals surface area contributed by atoms with Crippen molar-refractivity contribution in [1.29, 1.82) is 0 Å². The second-order valence-electron chi connectivity index (χ2n) is 6.20. The van der Waals surface area contributed by atoms with Crippen molar-refractivity contribution in [2.45, 2.75) is 19.8 Å². The van der Waals surface area contributed by atoms with E-state index in [1.165, 1.54) is 0 Å². The molecular weight excluding hydrogens is 348 g/mol. The zero-order chi connectivity index (χ0) is 18.4. The van der Waals surface area contributed by atoms with Crippen molar-refractivity contribution in [1.82, 2.24) is 0 Å². The van der Waals surface area contributed by atoms with E-state index in [-0.39, 0.29) is 12.5 Å². The number of anilines is 1. The van der Waals surface area contributed by atoms with Crippen molar-refractivity contribution >= 4 is 28.9 Å². The van der Waals surface area contributed by atoms with Gasteiger partial charge in [0.15, 0.2) is 0 Å². The Morgan fingerprint density at radius 3 is 2.73 bits per heavy atom. The molecule has 5 heteroatoms. The first kappa shape index (κ1) is 18.6. The van der Waals surface area contributed by atoms with E-state index in [4.69, 9.17) is 16.3 Å². The van der Waals surface area contributed by atoms with Gasteiger partial charge in [-0.2, -0.15) is 0 Å². The molecule has 1 amide bonds. The molecule has 1 aliphatic rings. The summed E-state index contributed by atoms with van der Waals surface area (Å²) in [6.45, 7) is 3.98. The first-order chi connectivity index (χ1) is 12.7. The van der Waals surface area contributed by atoms with E-state index in [0.717, 1.165) is 42.0 Å². The van der Waals surface area contributed by atoms with Crippen molar-refractivity contribution in [3.8, 4) is 0 Å². The number of benzodiazepines with no additional fused rings is 1. The summed E-state index contributed by atoms with van der Waals surface area (Å²) in [6.07, 6.45) is 2.12. The summed E-state index contributed by atoms with van der Waals surface area (Å²) in [4.78, 5) is 19.0. The highest BCUT2D eigenvalue weighted by Gasteiger charge is 2.25. The minimum atomic E-state index is -0.0291. The summed E-state index contributed by atoms with van der Waals surface area (Å²) in [5.41, 5.74) is 3.48. The molecule has 0 atom stereocenters. The topological polar surface area (TPSA) is 41.9 Å². The Kier molecular flexibility index (Phi) is 6.42. The lowest BCUT2D eigenvalue weighted by molar-refractivity contribution is -0.117. The van der Waals surface area contributed by atoms with Crippen LogP contribution in [0, 0.1) is 0 Å². The summed E-state index contributed by atoms with van der Waals surface area (Å²) in [6, 6.07) is 15.5. The quantitative estimate of drug-likeness (QED) is 0.680. The van der Waals surface area contributed by atoms with Crippen LogP contribution in [0.15, 0.2) is 53.5 Å². The molecule has 4 nitrogen and oxygen atoms in total. The maximum Gasteiger partial charge on any atom is 0.248 e. The minimum Gasteiger partial charge on any atom is -0.380 e. The van der Waals surface area contributed by atoms with Gasteiger partial charge >= 0.3 is 0 Å². The minimum absolute atomic E-state index is 0.0291. The lowest BCUT2D eigenvalue weighted by Crippen LogP contribution is -2.35. The summed E-state index contributed by atoms with van der Waals surface area (Å²) in [5, 5.41) is 0.626. The highest BCUT2D eigenvalue weighted by Crippen LogP contribution is 2.29. The lowest BCUT2D eigenvalue weighted by atomic mass is 10.0. The van der Waals surface area contributed by atoms with Crippen molar-refractivity contribution in [2.75, 3.05) is 31.2 Å². The predicted molar refractivity (Wildman–Crippen MR) is 106 cm³/mol. The predicted octanol–water partition coefficient (Wildman–Crippen LogP) is 4.34. The number of carbonyl (C=O) groups excluding carboxylic acids is 1. The smallest absolute Gasteiger partial charge is 0.248 e. The third kappa shape index (κ3) is 4.32. The van der Waals surface area contributed by atoms with Crippen LogP contribution in [-0.4, -0.2) is 37.9 Å². The third-order valence-electron chi connectivity index (χ3n) is 4.33. The zero-order valence-electron chi connectivity index (χ0n) is 15.0. The molecule has 0 bridgehead atoms. The Bertz CT molecular complexity index is 790. The lowest BCUT2D eigenvalue weighted by Gasteiger charge is -2.23. The normalized spacial score (nSPS) is 14.0. The van der Waals surface area contributed by atoms with Gasteiger partial charge in [-0.15, -0.1) is 0 Å². The largest absolute Gasteiger partial charge is 0.380 e. The van der Waals surface area contributed by atoms with Crippen LogP contribution in [0.2, 0.25) is 5.02 Å². The van der Waals surface area contributed by atoms with Gasteiger partial charge in [-0.05, 0) is 24.6 Å². The van der Waals surface area contributed by atoms with Crippen molar-refractivity contribution in [3.05, 3.63) is 64.7 Å². The molecule has 0 aromatic heterocycles. The molecule has 1 aliphatic heterocycles. The Morgan fingerprint density at radius 2 is 1.96 bits per heavy atom. The molecule has 0 radical (unpaired) electrons. The number of ether oxygens (including phenoxy) is 1. The van der Waals surface area contributed by atoms with Gasteiger partial charge in [0.05, 0.1) is 18.0 Å². The third-order valence-corrected chi connectivity index (χ3v) is 4.56. The van der Waals surface area contributed by atoms with Gasteiger partial charge < -0.3 is 9.64 Å². The zero-order valence-corrected chi connectivity index (χ0v) is 15.7. The molecule has 0 saturated heterocycles. The van der Waals surface area contributed by atoms with Gasteiger partial charge in [-0.25, -0.2) is 0 Å². The van der Waals surface area contributed by atoms with Crippen molar-refractivity contribution in [3.63, 3.8) is 0 Å². The van der Waals surface area contributed by atoms with Crippen LogP contribution < -0.4 is 4.90 Å². The Labute approximate surface area is 159 Å². The standard InChI is InChI=1S/C21H23ClN2O2/c1-2-3-12-26-13-11-24-19-10-9-17(22)14-18(19)21(23-15-20(24)25)16-7-5-4-6-8-16/h4-10,14H,2-3,11-13,15H2,1H3. The average Bonchev–Trinajstić information content (AvgIpc) is 2.79. The van der Waals surface area contributed by atoms with E-state index in [9.17, 15) is 4.79 Å². The Hall–Kier alpha value is -2.17. The Morgan fingerprint density at radius 1 is 1.15 bits per heavy atom. The molecule has 2 aromatic carbocycles. The fraction of sp³-hybridized carbons (Fsp3) is 0.333. The maximum absolute atomic E-state index is 12.7. The number of fused-ring (bicyclic) bond motifs is 1. The second kappa shape index (κ2) is 8.97. The molecule has 26 heavy (non-hydrogen) atoms. The summed E-state index contributed by atoms with van der Waals surface area (Å²) in [5.74, 6) is -0.0291. The molecule has 136 valence electrons. The summed E-state index contributed by atoms with van der Waals surface area (Å²) >= 11 is 6.25. The number of amides is 1. The summed E-state index contributed by atoms with van der Waals surface area (Å²) in [7, 11) is 0. The number of unbranched alkanes of at least 4 members (excludes halogenated alkanes) is 1. The average molecular weight is 371 g/mol. The van der Waals surface area contributed by atoms with Gasteiger partial charge in [-0.3, -0.25) is 9.79 Å². The molecule has 3 rings (SSSR count). The number of hydrogen-bond acceptors (Lipinski definition) is 3. The van der Waals surface area contributed by atoms with Gasteiger partial charge in [0.2, 0.25) is 5.91 Å². The highest BCUT2D eigenvalue weighted by atomic mass is 35.5. The van der Waals surface area contributed by atoms with E-state index in [0.29, 0.717) is 18.2 Å². The van der Waals surface area contributed by atoms with E-state index < -0.39 is 0 Å². The fourth-order valence-corrected chi connectivity index (χ4v) is 3.15. The first-order valence-corrected chi connectivity index (χ1v) is 9.36. The van der Waals surface area contributed by atoms with Crippen LogP contribution in [0.3, 0.4) is 0 Å². The molecule has 2 aromatic rings. The van der Waals surface area contributed by atoms with Crippen molar-refractivity contribution in [2.24, 2.45) is 4.99 Å². The number of rotatable bonds is 7. The summed E-state index contributed by atoms with van der Waals surface area (Å²) < 4.78 is 5.66. The van der Waals surface area contributed by atoms with E-state index >= 15 is 0 Å². The highest BCUT2D eigenvalue weighted by molar-refractivity contribution is 6.32. The molecule has 0 fully saturated rings. The van der Waals surface area contributed by atoms with E-state index in [1.54, 1.807) is 4.90 Å². The fourth-order valence-electron chi connectivity index (χ4n) is 2.98. The van der Waals surface area contributed by atoms with Crippen LogP contribution >= 0.6 is 11.6 Å². The molecule has 0 aliphatic carbocycles. The van der Waals surface area contributed by atoms with Gasteiger partial charge in [0, 0.05) is 29.3 Å². The molecule has 0 N–H and O–H groups in total. The van der Waals surface area contributed by atoms with Crippen LogP contribution in [-0.2, 0) is 9.53 Å². The number of halogens is 1. The number of benzene rings is 2. The van der Waals surface area contributed by atoms with Gasteiger partial charge in [0.25, 0.3) is 0 Å². The van der Waals surface area contributed by atoms with E-state index in [1.807, 2.05) is 48.5 Å². The van der Waals surface area contributed by atoms with E-state index in [2.05, 4.69) is 11.9 Å². The molecular formula is C21H23ClN2O2. The van der Waals surface area contributed by atoms with Crippen molar-refractivity contribution < 1.29 is 9.53 Å². The molecule has 0 unspecified atom stereocenters. The van der Waals surface area contributed by atoms with Crippen LogP contribution in [0.1, 0.15) is 30.9 Å².